The van der Waals surface area contributed by atoms with Gasteiger partial charge in [0, 0.05) is 32.4 Å². The minimum Gasteiger partial charge on any atom is -0.383 e. The van der Waals surface area contributed by atoms with Crippen LogP contribution in [0.25, 0.3) is 0 Å². The summed E-state index contributed by atoms with van der Waals surface area (Å²) in [5, 5.41) is 7.49. The molecule has 8 heteroatoms. The van der Waals surface area contributed by atoms with E-state index in [-0.39, 0.29) is 11.4 Å². The molecule has 1 heterocycles. The summed E-state index contributed by atoms with van der Waals surface area (Å²) in [5.41, 5.74) is 0. The van der Waals surface area contributed by atoms with Gasteiger partial charge in [0.1, 0.15) is 4.90 Å². The maximum Gasteiger partial charge on any atom is 0.243 e. The van der Waals surface area contributed by atoms with Crippen molar-refractivity contribution < 1.29 is 13.2 Å². The van der Waals surface area contributed by atoms with Gasteiger partial charge >= 0.3 is 0 Å². The lowest BCUT2D eigenvalue weighted by atomic mass is 10.4. The maximum atomic E-state index is 11.9. The van der Waals surface area contributed by atoms with E-state index in [4.69, 9.17) is 4.74 Å². The number of aryl methyl sites for hydroxylation is 1. The molecule has 0 radical (unpaired) electrons. The zero-order valence-corrected chi connectivity index (χ0v) is 12.5. The Labute approximate surface area is 119 Å². The number of nitrogens with zero attached hydrogens (tertiary/aromatic N) is 2. The largest absolute Gasteiger partial charge is 0.383 e. The first-order chi connectivity index (χ1) is 9.62. The minimum absolute atomic E-state index is 0.198. The highest BCUT2D eigenvalue weighted by Crippen LogP contribution is 2.18. The summed E-state index contributed by atoms with van der Waals surface area (Å²) in [6, 6.07) is 0.702. The van der Waals surface area contributed by atoms with Crippen LogP contribution in [-0.2, 0) is 21.3 Å². The molecule has 0 amide bonds. The number of hydrogen-bond donors (Lipinski definition) is 2. The van der Waals surface area contributed by atoms with Crippen molar-refractivity contribution in [1.82, 2.24) is 19.8 Å². The number of hydrogen-bond acceptors (Lipinski definition) is 5. The molecule has 1 fully saturated rings. The molecule has 0 bridgehead atoms. The molecule has 7 nitrogen and oxygen atoms in total. The van der Waals surface area contributed by atoms with E-state index in [1.165, 1.54) is 26.1 Å². The van der Waals surface area contributed by atoms with Crippen molar-refractivity contribution in [3.05, 3.63) is 12.4 Å². The van der Waals surface area contributed by atoms with Gasteiger partial charge in [0.05, 0.1) is 12.8 Å². The first-order valence-electron chi connectivity index (χ1n) is 6.86. The monoisotopic (exact) mass is 302 g/mol. The van der Waals surface area contributed by atoms with Crippen LogP contribution in [0.15, 0.2) is 17.3 Å². The molecule has 20 heavy (non-hydrogen) atoms. The summed E-state index contributed by atoms with van der Waals surface area (Å²) in [6.07, 6.45) is 6.43. The SMILES string of the molecule is COCCNS(=O)(=O)c1cnn(CCCNC2CC2)c1. The molecule has 114 valence electrons. The van der Waals surface area contributed by atoms with Crippen molar-refractivity contribution in [1.29, 1.82) is 0 Å². The average molecular weight is 302 g/mol. The Balaban J connectivity index is 1.77. The molecule has 0 aliphatic heterocycles. The Kier molecular flexibility index (Phi) is 5.53. The van der Waals surface area contributed by atoms with Gasteiger partial charge in [-0.05, 0) is 25.8 Å². The van der Waals surface area contributed by atoms with Crippen LogP contribution < -0.4 is 10.0 Å². The molecule has 1 aliphatic rings. The molecule has 1 saturated carbocycles. The third-order valence-corrected chi connectivity index (χ3v) is 4.51. The number of nitrogens with one attached hydrogen (secondary N) is 2. The van der Waals surface area contributed by atoms with Gasteiger partial charge in [-0.15, -0.1) is 0 Å². The van der Waals surface area contributed by atoms with Crippen LogP contribution in [0.3, 0.4) is 0 Å². The summed E-state index contributed by atoms with van der Waals surface area (Å²) in [5.74, 6) is 0. The van der Waals surface area contributed by atoms with E-state index >= 15 is 0 Å². The van der Waals surface area contributed by atoms with Crippen LogP contribution in [0.1, 0.15) is 19.3 Å². The second-order valence-corrected chi connectivity index (χ2v) is 6.68. The summed E-state index contributed by atoms with van der Waals surface area (Å²) in [6.45, 7) is 2.27. The predicted molar refractivity (Wildman–Crippen MR) is 74.9 cm³/mol. The molecule has 0 aromatic carbocycles. The lowest BCUT2D eigenvalue weighted by molar-refractivity contribution is 0.204. The van der Waals surface area contributed by atoms with Crippen molar-refractivity contribution in [2.24, 2.45) is 0 Å². The Bertz CT molecular complexity index is 511. The van der Waals surface area contributed by atoms with Gasteiger partial charge in [-0.3, -0.25) is 4.68 Å². The number of aromatic nitrogens is 2. The molecular formula is C12H22N4O3S. The predicted octanol–water partition coefficient (Wildman–Crippen LogP) is -0.0501. The summed E-state index contributed by atoms with van der Waals surface area (Å²) < 4.78 is 32.8. The van der Waals surface area contributed by atoms with Crippen molar-refractivity contribution in [2.45, 2.75) is 36.7 Å². The third-order valence-electron chi connectivity index (χ3n) is 3.09. The highest BCUT2D eigenvalue weighted by atomic mass is 32.2. The van der Waals surface area contributed by atoms with E-state index in [1.807, 2.05) is 0 Å². The highest BCUT2D eigenvalue weighted by molar-refractivity contribution is 7.89. The number of methoxy groups -OCH3 is 1. The van der Waals surface area contributed by atoms with Crippen LogP contribution >= 0.6 is 0 Å². The van der Waals surface area contributed by atoms with Crippen LogP contribution in [-0.4, -0.2) is 51.0 Å². The summed E-state index contributed by atoms with van der Waals surface area (Å²) in [7, 11) is -1.94. The molecule has 1 aromatic heterocycles. The topological polar surface area (TPSA) is 85.2 Å². The molecule has 2 N–H and O–H groups in total. The molecule has 0 spiro atoms. The quantitative estimate of drug-likeness (QED) is 0.592. The summed E-state index contributed by atoms with van der Waals surface area (Å²) >= 11 is 0. The normalized spacial score (nSPS) is 15.7. The fourth-order valence-corrected chi connectivity index (χ4v) is 2.77. The first kappa shape index (κ1) is 15.4. The van der Waals surface area contributed by atoms with Gasteiger partial charge in [-0.1, -0.05) is 0 Å². The van der Waals surface area contributed by atoms with Gasteiger partial charge < -0.3 is 10.1 Å². The molecule has 0 unspecified atom stereocenters. The van der Waals surface area contributed by atoms with E-state index < -0.39 is 10.0 Å². The van der Waals surface area contributed by atoms with Gasteiger partial charge in [-0.25, -0.2) is 13.1 Å². The fourth-order valence-electron chi connectivity index (χ4n) is 1.80. The number of sulfonamides is 1. The number of ether oxygens (including phenoxy) is 1. The fraction of sp³-hybridized carbons (Fsp3) is 0.750. The van der Waals surface area contributed by atoms with E-state index in [1.54, 1.807) is 10.9 Å². The first-order valence-corrected chi connectivity index (χ1v) is 8.34. The lowest BCUT2D eigenvalue weighted by Crippen LogP contribution is -2.26. The molecule has 1 aliphatic carbocycles. The van der Waals surface area contributed by atoms with Crippen molar-refractivity contribution >= 4 is 10.0 Å². The van der Waals surface area contributed by atoms with E-state index in [0.717, 1.165) is 13.0 Å². The molecule has 2 rings (SSSR count). The van der Waals surface area contributed by atoms with Crippen LogP contribution in [0, 0.1) is 0 Å². The zero-order valence-electron chi connectivity index (χ0n) is 11.7. The van der Waals surface area contributed by atoms with Gasteiger partial charge in [-0.2, -0.15) is 5.10 Å². The molecule has 0 atom stereocenters. The van der Waals surface area contributed by atoms with Crippen molar-refractivity contribution in [3.8, 4) is 0 Å². The van der Waals surface area contributed by atoms with Gasteiger partial charge in [0.15, 0.2) is 0 Å². The van der Waals surface area contributed by atoms with Crippen LogP contribution in [0.2, 0.25) is 0 Å². The smallest absolute Gasteiger partial charge is 0.243 e. The second-order valence-electron chi connectivity index (χ2n) is 4.91. The van der Waals surface area contributed by atoms with Crippen LogP contribution in [0.5, 0.6) is 0 Å². The Morgan fingerprint density at radius 3 is 2.95 bits per heavy atom. The van der Waals surface area contributed by atoms with Crippen LogP contribution in [0.4, 0.5) is 0 Å². The molecule has 1 aromatic rings. The second kappa shape index (κ2) is 7.16. The maximum absolute atomic E-state index is 11.9. The lowest BCUT2D eigenvalue weighted by Gasteiger charge is -2.04. The van der Waals surface area contributed by atoms with Crippen molar-refractivity contribution in [2.75, 3.05) is 26.8 Å². The van der Waals surface area contributed by atoms with E-state index in [0.29, 0.717) is 19.2 Å². The summed E-state index contributed by atoms with van der Waals surface area (Å²) in [4.78, 5) is 0.198. The molecular weight excluding hydrogens is 280 g/mol. The van der Waals surface area contributed by atoms with Gasteiger partial charge in [0.25, 0.3) is 0 Å². The Morgan fingerprint density at radius 2 is 2.25 bits per heavy atom. The van der Waals surface area contributed by atoms with Gasteiger partial charge in [0.2, 0.25) is 10.0 Å². The standard InChI is InChI=1S/C12H22N4O3S/c1-19-8-6-15-20(17,18)12-9-14-16(10-12)7-2-5-13-11-3-4-11/h9-11,13,15H,2-8H2,1H3. The zero-order chi connectivity index (χ0) is 14.4. The Morgan fingerprint density at radius 1 is 1.45 bits per heavy atom. The molecule has 0 saturated heterocycles. The highest BCUT2D eigenvalue weighted by Gasteiger charge is 2.19. The minimum atomic E-state index is -3.47. The number of rotatable bonds is 10. The average Bonchev–Trinajstić information content (AvgIpc) is 3.11. The third kappa shape index (κ3) is 4.86. The van der Waals surface area contributed by atoms with E-state index in [2.05, 4.69) is 15.1 Å². The Hall–Kier alpha value is -0.960. The van der Waals surface area contributed by atoms with Crippen molar-refractivity contribution in [3.63, 3.8) is 0 Å². The van der Waals surface area contributed by atoms with E-state index in [9.17, 15) is 8.42 Å².